The predicted molar refractivity (Wildman–Crippen MR) is 69.3 cm³/mol. The average Bonchev–Trinajstić information content (AvgIpc) is 2.51. The van der Waals surface area contributed by atoms with Crippen molar-refractivity contribution in [2.75, 3.05) is 14.2 Å². The predicted octanol–water partition coefficient (Wildman–Crippen LogP) is 3.35. The largest absolute Gasteiger partial charge is 0.497 e. The van der Waals surface area contributed by atoms with Crippen LogP contribution in [0.15, 0.2) is 30.3 Å². The summed E-state index contributed by atoms with van der Waals surface area (Å²) in [6.45, 7) is 0. The van der Waals surface area contributed by atoms with Crippen LogP contribution in [0.1, 0.15) is 15.9 Å². The van der Waals surface area contributed by atoms with Crippen molar-refractivity contribution in [3.05, 3.63) is 58.9 Å². The van der Waals surface area contributed by atoms with E-state index in [0.717, 1.165) is 6.07 Å². The minimum absolute atomic E-state index is 0.0169. The third-order valence-corrected chi connectivity index (χ3v) is 2.93. The van der Waals surface area contributed by atoms with E-state index in [2.05, 4.69) is 0 Å². The molecule has 0 atom stereocenters. The van der Waals surface area contributed by atoms with E-state index in [4.69, 9.17) is 9.47 Å². The highest BCUT2D eigenvalue weighted by atomic mass is 19.2. The summed E-state index contributed by atoms with van der Waals surface area (Å²) in [7, 11) is 2.76. The van der Waals surface area contributed by atoms with Gasteiger partial charge in [-0.3, -0.25) is 4.79 Å². The summed E-state index contributed by atoms with van der Waals surface area (Å²) >= 11 is 0. The van der Waals surface area contributed by atoms with Crippen molar-refractivity contribution in [3.8, 4) is 11.5 Å². The van der Waals surface area contributed by atoms with Crippen LogP contribution in [0.4, 0.5) is 13.2 Å². The van der Waals surface area contributed by atoms with Crippen LogP contribution in [0.5, 0.6) is 11.5 Å². The molecule has 0 saturated heterocycles. The molecule has 3 nitrogen and oxygen atoms in total. The molecular formula is C15H11F3O3. The van der Waals surface area contributed by atoms with E-state index in [1.807, 2.05) is 0 Å². The van der Waals surface area contributed by atoms with Gasteiger partial charge in [-0.25, -0.2) is 13.2 Å². The molecule has 2 rings (SSSR count). The summed E-state index contributed by atoms with van der Waals surface area (Å²) in [6.07, 6.45) is 0. The van der Waals surface area contributed by atoms with Crippen molar-refractivity contribution in [1.82, 2.24) is 0 Å². The molecule has 2 aromatic carbocycles. The number of ether oxygens (including phenoxy) is 2. The highest BCUT2D eigenvalue weighted by Gasteiger charge is 2.22. The Labute approximate surface area is 118 Å². The Morgan fingerprint density at radius 2 is 1.57 bits per heavy atom. The Bertz CT molecular complexity index is 699. The summed E-state index contributed by atoms with van der Waals surface area (Å²) in [5.41, 5.74) is -0.555. The zero-order valence-electron chi connectivity index (χ0n) is 11.2. The molecule has 0 heterocycles. The third kappa shape index (κ3) is 2.69. The molecule has 21 heavy (non-hydrogen) atoms. The molecule has 0 fully saturated rings. The van der Waals surface area contributed by atoms with Crippen LogP contribution in [-0.4, -0.2) is 20.0 Å². The number of methoxy groups -OCH3 is 2. The van der Waals surface area contributed by atoms with Gasteiger partial charge in [-0.1, -0.05) is 0 Å². The van der Waals surface area contributed by atoms with Crippen molar-refractivity contribution in [3.63, 3.8) is 0 Å². The molecule has 0 aromatic heterocycles. The van der Waals surface area contributed by atoms with Crippen molar-refractivity contribution in [2.45, 2.75) is 0 Å². The zero-order chi connectivity index (χ0) is 15.6. The minimum atomic E-state index is -1.69. The van der Waals surface area contributed by atoms with Gasteiger partial charge in [0.25, 0.3) is 0 Å². The van der Waals surface area contributed by atoms with E-state index < -0.39 is 28.8 Å². The fraction of sp³-hybridized carbons (Fsp3) is 0.133. The summed E-state index contributed by atoms with van der Waals surface area (Å²) in [5.74, 6) is -4.81. The van der Waals surface area contributed by atoms with Crippen LogP contribution in [0.2, 0.25) is 0 Å². The van der Waals surface area contributed by atoms with Crippen molar-refractivity contribution < 1.29 is 27.4 Å². The van der Waals surface area contributed by atoms with Gasteiger partial charge in [0, 0.05) is 6.07 Å². The number of hydrogen-bond donors (Lipinski definition) is 0. The van der Waals surface area contributed by atoms with E-state index >= 15 is 0 Å². The molecule has 0 radical (unpaired) electrons. The quantitative estimate of drug-likeness (QED) is 0.641. The first kappa shape index (κ1) is 14.9. The topological polar surface area (TPSA) is 35.5 Å². The maximum atomic E-state index is 13.7. The van der Waals surface area contributed by atoms with Crippen LogP contribution in [0.3, 0.4) is 0 Å². The van der Waals surface area contributed by atoms with Gasteiger partial charge in [-0.15, -0.1) is 0 Å². The van der Waals surface area contributed by atoms with Gasteiger partial charge in [-0.05, 0) is 24.3 Å². The highest BCUT2D eigenvalue weighted by Crippen LogP contribution is 2.28. The van der Waals surface area contributed by atoms with Crippen LogP contribution in [0, 0.1) is 17.5 Å². The van der Waals surface area contributed by atoms with Gasteiger partial charge < -0.3 is 9.47 Å². The SMILES string of the molecule is COc1ccc(C(=O)c2ccc(F)c(F)c2F)c(OC)c1. The second-order valence-corrected chi connectivity index (χ2v) is 4.12. The number of carbonyl (C=O) groups excluding carboxylic acids is 1. The number of hydrogen-bond acceptors (Lipinski definition) is 3. The molecule has 0 aliphatic rings. The normalized spacial score (nSPS) is 10.3. The van der Waals surface area contributed by atoms with Gasteiger partial charge in [0.1, 0.15) is 11.5 Å². The summed E-state index contributed by atoms with van der Waals surface area (Å²) in [6, 6.07) is 5.86. The average molecular weight is 296 g/mol. The van der Waals surface area contributed by atoms with Crippen molar-refractivity contribution in [2.24, 2.45) is 0 Å². The Morgan fingerprint density at radius 3 is 2.19 bits per heavy atom. The van der Waals surface area contributed by atoms with Gasteiger partial charge in [0.15, 0.2) is 23.2 Å². The Kier molecular flexibility index (Phi) is 4.16. The maximum Gasteiger partial charge on any atom is 0.199 e. The lowest BCUT2D eigenvalue weighted by atomic mass is 10.0. The molecule has 110 valence electrons. The number of halogens is 3. The number of carbonyl (C=O) groups is 1. The van der Waals surface area contributed by atoms with Crippen molar-refractivity contribution >= 4 is 5.78 Å². The van der Waals surface area contributed by atoms with Crippen molar-refractivity contribution in [1.29, 1.82) is 0 Å². The van der Waals surface area contributed by atoms with Gasteiger partial charge in [-0.2, -0.15) is 0 Å². The summed E-state index contributed by atoms with van der Waals surface area (Å²) < 4.78 is 49.8. The lowest BCUT2D eigenvalue weighted by Crippen LogP contribution is -2.09. The van der Waals surface area contributed by atoms with Gasteiger partial charge in [0.05, 0.1) is 25.3 Å². The molecule has 0 unspecified atom stereocenters. The smallest absolute Gasteiger partial charge is 0.199 e. The van der Waals surface area contributed by atoms with Crippen LogP contribution < -0.4 is 9.47 Å². The first-order valence-electron chi connectivity index (χ1n) is 5.89. The molecule has 0 saturated carbocycles. The van der Waals surface area contributed by atoms with Crippen LogP contribution in [-0.2, 0) is 0 Å². The fourth-order valence-electron chi connectivity index (χ4n) is 1.83. The number of ketones is 1. The first-order chi connectivity index (χ1) is 9.99. The lowest BCUT2D eigenvalue weighted by Gasteiger charge is -2.10. The molecular weight excluding hydrogens is 285 g/mol. The molecule has 0 aliphatic heterocycles. The zero-order valence-corrected chi connectivity index (χ0v) is 11.2. The number of benzene rings is 2. The minimum Gasteiger partial charge on any atom is -0.497 e. The third-order valence-electron chi connectivity index (χ3n) is 2.93. The van der Waals surface area contributed by atoms with E-state index in [1.165, 1.54) is 32.4 Å². The molecule has 0 aliphatic carbocycles. The molecule has 0 bridgehead atoms. The van der Waals surface area contributed by atoms with Crippen LogP contribution >= 0.6 is 0 Å². The Morgan fingerprint density at radius 1 is 0.905 bits per heavy atom. The molecule has 0 N–H and O–H groups in total. The van der Waals surface area contributed by atoms with Gasteiger partial charge in [0.2, 0.25) is 0 Å². The standard InChI is InChI=1S/C15H11F3O3/c1-20-8-3-4-9(12(7-8)21-2)15(19)10-5-6-11(16)14(18)13(10)17/h3-7H,1-2H3. The second-order valence-electron chi connectivity index (χ2n) is 4.12. The molecule has 0 amide bonds. The Hall–Kier alpha value is -2.50. The Balaban J connectivity index is 2.52. The first-order valence-corrected chi connectivity index (χ1v) is 5.89. The van der Waals surface area contributed by atoms with Gasteiger partial charge >= 0.3 is 0 Å². The summed E-state index contributed by atoms with van der Waals surface area (Å²) in [5, 5.41) is 0. The second kappa shape index (κ2) is 5.87. The monoisotopic (exact) mass is 296 g/mol. The van der Waals surface area contributed by atoms with E-state index in [1.54, 1.807) is 0 Å². The van der Waals surface area contributed by atoms with E-state index in [9.17, 15) is 18.0 Å². The molecule has 2 aromatic rings. The lowest BCUT2D eigenvalue weighted by molar-refractivity contribution is 0.103. The molecule has 6 heteroatoms. The highest BCUT2D eigenvalue weighted by molar-refractivity contribution is 6.11. The van der Waals surface area contributed by atoms with E-state index in [-0.39, 0.29) is 11.3 Å². The van der Waals surface area contributed by atoms with Crippen LogP contribution in [0.25, 0.3) is 0 Å². The number of rotatable bonds is 4. The fourth-order valence-corrected chi connectivity index (χ4v) is 1.83. The summed E-state index contributed by atoms with van der Waals surface area (Å²) in [4.78, 5) is 12.3. The molecule has 0 spiro atoms. The van der Waals surface area contributed by atoms with E-state index in [0.29, 0.717) is 11.8 Å². The maximum absolute atomic E-state index is 13.7.